The minimum atomic E-state index is -1.82. The Balaban J connectivity index is 0.000000286. The summed E-state index contributed by atoms with van der Waals surface area (Å²) >= 11 is 0. The largest absolute Gasteiger partial charge is 0.473 e. The lowest BCUT2D eigenvalue weighted by Gasteiger charge is -2.19. The van der Waals surface area contributed by atoms with Crippen LogP contribution < -0.4 is 0 Å². The number of rotatable bonds is 2. The van der Waals surface area contributed by atoms with Crippen molar-refractivity contribution in [3.63, 3.8) is 0 Å². The highest BCUT2D eigenvalue weighted by Crippen LogP contribution is 2.12. The molecule has 110 valence electrons. The van der Waals surface area contributed by atoms with Crippen LogP contribution in [0.2, 0.25) is 0 Å². The first kappa shape index (κ1) is 16.1. The van der Waals surface area contributed by atoms with Crippen molar-refractivity contribution in [3.05, 3.63) is 30.1 Å². The molecule has 1 aromatic rings. The normalized spacial score (nSPS) is 15.6. The van der Waals surface area contributed by atoms with E-state index in [9.17, 15) is 0 Å². The van der Waals surface area contributed by atoms with Crippen molar-refractivity contribution in [2.24, 2.45) is 0 Å². The van der Waals surface area contributed by atoms with E-state index >= 15 is 0 Å². The minimum absolute atomic E-state index is 1.08. The van der Waals surface area contributed by atoms with Gasteiger partial charge < -0.3 is 10.2 Å². The van der Waals surface area contributed by atoms with Crippen LogP contribution in [0.4, 0.5) is 0 Å². The van der Waals surface area contributed by atoms with Crippen LogP contribution in [0.5, 0.6) is 0 Å². The van der Waals surface area contributed by atoms with Crippen molar-refractivity contribution >= 4 is 11.9 Å². The van der Waals surface area contributed by atoms with Gasteiger partial charge in [0.25, 0.3) is 0 Å². The zero-order valence-electron chi connectivity index (χ0n) is 11.4. The third kappa shape index (κ3) is 6.84. The Kier molecular flexibility index (Phi) is 7.27. The Hall–Kier alpha value is -1.95. The molecule has 1 aliphatic heterocycles. The number of carboxylic acids is 2. The number of carboxylic acid groups (broad SMARTS) is 2. The molecule has 2 heterocycles. The maximum absolute atomic E-state index is 9.10. The SMILES string of the molecule is O=C(O)C(=O)O.c1cncc(CN2CCCCCC2)c1. The molecule has 0 saturated carbocycles. The second-order valence-electron chi connectivity index (χ2n) is 4.66. The van der Waals surface area contributed by atoms with Gasteiger partial charge in [-0.1, -0.05) is 18.9 Å². The molecule has 1 fully saturated rings. The fourth-order valence-electron chi connectivity index (χ4n) is 2.04. The fourth-order valence-corrected chi connectivity index (χ4v) is 2.04. The van der Waals surface area contributed by atoms with Crippen molar-refractivity contribution in [1.29, 1.82) is 0 Å². The summed E-state index contributed by atoms with van der Waals surface area (Å²) in [6.07, 6.45) is 9.35. The van der Waals surface area contributed by atoms with E-state index in [2.05, 4.69) is 16.0 Å². The van der Waals surface area contributed by atoms with Crippen LogP contribution in [-0.4, -0.2) is 45.1 Å². The second kappa shape index (κ2) is 9.03. The number of hydrogen-bond acceptors (Lipinski definition) is 4. The number of aromatic nitrogens is 1. The first-order valence-electron chi connectivity index (χ1n) is 6.67. The quantitative estimate of drug-likeness (QED) is 0.800. The maximum Gasteiger partial charge on any atom is 0.414 e. The van der Waals surface area contributed by atoms with Gasteiger partial charge in [-0.3, -0.25) is 9.88 Å². The lowest BCUT2D eigenvalue weighted by molar-refractivity contribution is -0.159. The summed E-state index contributed by atoms with van der Waals surface area (Å²) in [5, 5.41) is 14.8. The fraction of sp³-hybridized carbons (Fsp3) is 0.500. The summed E-state index contributed by atoms with van der Waals surface area (Å²) in [7, 11) is 0. The van der Waals surface area contributed by atoms with Crippen molar-refractivity contribution in [3.8, 4) is 0 Å². The van der Waals surface area contributed by atoms with Crippen LogP contribution >= 0.6 is 0 Å². The van der Waals surface area contributed by atoms with Crippen molar-refractivity contribution in [2.45, 2.75) is 32.2 Å². The highest BCUT2D eigenvalue weighted by molar-refractivity contribution is 6.27. The first-order chi connectivity index (χ1) is 9.59. The number of carbonyl (C=O) groups is 2. The molecule has 0 amide bonds. The number of pyridine rings is 1. The molecule has 1 saturated heterocycles. The summed E-state index contributed by atoms with van der Waals surface area (Å²) in [5.41, 5.74) is 1.34. The third-order valence-electron chi connectivity index (χ3n) is 3.01. The second-order valence-corrected chi connectivity index (χ2v) is 4.66. The Labute approximate surface area is 118 Å². The summed E-state index contributed by atoms with van der Waals surface area (Å²) in [6, 6.07) is 4.19. The van der Waals surface area contributed by atoms with E-state index in [0.29, 0.717) is 0 Å². The standard InChI is InChI=1S/C12H18N2.C2H2O4/c1-2-4-9-14(8-3-1)11-12-6-5-7-13-10-12;3-1(4)2(5)6/h5-7,10H,1-4,8-9,11H2;(H,3,4)(H,5,6). The monoisotopic (exact) mass is 280 g/mol. The predicted octanol–water partition coefficient (Wildman–Crippen LogP) is 1.61. The van der Waals surface area contributed by atoms with E-state index in [1.807, 2.05) is 18.5 Å². The average Bonchev–Trinajstić information content (AvgIpc) is 2.69. The molecule has 2 rings (SSSR count). The number of hydrogen-bond donors (Lipinski definition) is 2. The Bertz CT molecular complexity index is 402. The van der Waals surface area contributed by atoms with E-state index < -0.39 is 11.9 Å². The van der Waals surface area contributed by atoms with Gasteiger partial charge in [0.15, 0.2) is 0 Å². The van der Waals surface area contributed by atoms with E-state index in [1.54, 1.807) is 0 Å². The van der Waals surface area contributed by atoms with Gasteiger partial charge in [0.2, 0.25) is 0 Å². The number of likely N-dealkylation sites (tertiary alicyclic amines) is 1. The van der Waals surface area contributed by atoms with Crippen molar-refractivity contribution < 1.29 is 19.8 Å². The summed E-state index contributed by atoms with van der Waals surface area (Å²) < 4.78 is 0. The van der Waals surface area contributed by atoms with Gasteiger partial charge in [0.1, 0.15) is 0 Å². The molecule has 0 unspecified atom stereocenters. The zero-order valence-corrected chi connectivity index (χ0v) is 11.4. The molecule has 6 nitrogen and oxygen atoms in total. The van der Waals surface area contributed by atoms with Gasteiger partial charge in [-0.15, -0.1) is 0 Å². The van der Waals surface area contributed by atoms with Gasteiger partial charge >= 0.3 is 11.9 Å². The minimum Gasteiger partial charge on any atom is -0.473 e. The van der Waals surface area contributed by atoms with Gasteiger partial charge in [-0.25, -0.2) is 9.59 Å². The molecule has 0 spiro atoms. The van der Waals surface area contributed by atoms with Crippen LogP contribution in [-0.2, 0) is 16.1 Å². The lowest BCUT2D eigenvalue weighted by Crippen LogP contribution is -2.23. The summed E-state index contributed by atoms with van der Waals surface area (Å²) in [4.78, 5) is 24.9. The molecule has 1 aromatic heterocycles. The smallest absolute Gasteiger partial charge is 0.414 e. The van der Waals surface area contributed by atoms with Crippen LogP contribution in [0.15, 0.2) is 24.5 Å². The van der Waals surface area contributed by atoms with Gasteiger partial charge in [0.05, 0.1) is 0 Å². The summed E-state index contributed by atoms with van der Waals surface area (Å²) in [6.45, 7) is 3.59. The Morgan fingerprint density at radius 3 is 2.15 bits per heavy atom. The number of aliphatic carboxylic acids is 2. The van der Waals surface area contributed by atoms with E-state index in [1.165, 1.54) is 44.3 Å². The molecule has 0 aromatic carbocycles. The molecule has 0 aliphatic carbocycles. The van der Waals surface area contributed by atoms with E-state index in [0.717, 1.165) is 6.54 Å². The average molecular weight is 280 g/mol. The molecule has 0 bridgehead atoms. The Morgan fingerprint density at radius 2 is 1.70 bits per heavy atom. The highest BCUT2D eigenvalue weighted by Gasteiger charge is 2.08. The Morgan fingerprint density at radius 1 is 1.10 bits per heavy atom. The van der Waals surface area contributed by atoms with Crippen LogP contribution in [0.1, 0.15) is 31.2 Å². The number of nitrogens with zero attached hydrogens (tertiary/aromatic N) is 2. The highest BCUT2D eigenvalue weighted by atomic mass is 16.4. The van der Waals surface area contributed by atoms with Crippen LogP contribution in [0.3, 0.4) is 0 Å². The maximum atomic E-state index is 9.10. The zero-order chi connectivity index (χ0) is 14.8. The third-order valence-corrected chi connectivity index (χ3v) is 3.01. The topological polar surface area (TPSA) is 90.7 Å². The van der Waals surface area contributed by atoms with Crippen molar-refractivity contribution in [1.82, 2.24) is 9.88 Å². The van der Waals surface area contributed by atoms with Gasteiger partial charge in [-0.05, 0) is 37.6 Å². The van der Waals surface area contributed by atoms with Crippen LogP contribution in [0, 0.1) is 0 Å². The molecular weight excluding hydrogens is 260 g/mol. The predicted molar refractivity (Wildman–Crippen MR) is 73.3 cm³/mol. The van der Waals surface area contributed by atoms with E-state index in [-0.39, 0.29) is 0 Å². The molecule has 1 aliphatic rings. The van der Waals surface area contributed by atoms with Gasteiger partial charge in [0, 0.05) is 18.9 Å². The first-order valence-corrected chi connectivity index (χ1v) is 6.67. The lowest BCUT2D eigenvalue weighted by atomic mass is 10.2. The van der Waals surface area contributed by atoms with Crippen LogP contribution in [0.25, 0.3) is 0 Å². The molecule has 6 heteroatoms. The van der Waals surface area contributed by atoms with Crippen molar-refractivity contribution in [2.75, 3.05) is 13.1 Å². The molecule has 2 N–H and O–H groups in total. The molecular formula is C14H20N2O4. The molecule has 20 heavy (non-hydrogen) atoms. The van der Waals surface area contributed by atoms with Gasteiger partial charge in [-0.2, -0.15) is 0 Å². The molecule has 0 radical (unpaired) electrons. The molecule has 0 atom stereocenters. The summed E-state index contributed by atoms with van der Waals surface area (Å²) in [5.74, 6) is -3.65. The van der Waals surface area contributed by atoms with E-state index in [4.69, 9.17) is 19.8 Å².